The highest BCUT2D eigenvalue weighted by Crippen LogP contribution is 2.45. The molecule has 2 aromatic carbocycles. The highest BCUT2D eigenvalue weighted by atomic mass is 32.2. The van der Waals surface area contributed by atoms with Gasteiger partial charge in [-0.1, -0.05) is 24.3 Å². The number of carbonyl (C=O) groups excluding carboxylic acids is 2. The Morgan fingerprint density at radius 2 is 1.23 bits per heavy atom. The molecule has 0 fully saturated rings. The number of hydrogen-bond donors (Lipinski definition) is 1. The van der Waals surface area contributed by atoms with Gasteiger partial charge >= 0.3 is 11.9 Å². The van der Waals surface area contributed by atoms with Gasteiger partial charge in [-0.15, -0.1) is 0 Å². The molecular weight excluding hydrogens is 413 g/mol. The predicted molar refractivity (Wildman–Crippen MR) is 107 cm³/mol. The number of rotatable bonds is 5. The zero-order valence-corrected chi connectivity index (χ0v) is 16.9. The summed E-state index contributed by atoms with van der Waals surface area (Å²) in [6.45, 7) is 0. The van der Waals surface area contributed by atoms with Gasteiger partial charge in [0, 0.05) is 0 Å². The molecule has 3 rings (SSSR count). The maximum atomic E-state index is 13.4. The zero-order chi connectivity index (χ0) is 22.1. The summed E-state index contributed by atoms with van der Waals surface area (Å²) in [6, 6.07) is 11.1. The molecule has 7 nitrogen and oxygen atoms in total. The van der Waals surface area contributed by atoms with Crippen LogP contribution in [0.4, 0.5) is 4.39 Å². The Morgan fingerprint density at radius 3 is 1.60 bits per heavy atom. The second kappa shape index (κ2) is 7.85. The molecular formula is C21H18FNO6S. The molecule has 0 bridgehead atoms. The van der Waals surface area contributed by atoms with Crippen molar-refractivity contribution >= 4 is 33.1 Å². The van der Waals surface area contributed by atoms with Crippen molar-refractivity contribution in [1.82, 2.24) is 0 Å². The Morgan fingerprint density at radius 1 is 0.833 bits per heavy atom. The van der Waals surface area contributed by atoms with Crippen molar-refractivity contribution in [2.24, 2.45) is 10.6 Å². The van der Waals surface area contributed by atoms with E-state index in [0.717, 1.165) is 14.2 Å². The number of primary sulfonamides is 1. The number of benzene rings is 2. The second-order valence-corrected chi connectivity index (χ2v) is 8.11. The Kier molecular flexibility index (Phi) is 5.60. The van der Waals surface area contributed by atoms with Gasteiger partial charge in [0.25, 0.3) is 0 Å². The highest BCUT2D eigenvalue weighted by Gasteiger charge is 2.49. The van der Waals surface area contributed by atoms with E-state index in [0.29, 0.717) is 22.3 Å². The predicted octanol–water partition coefficient (Wildman–Crippen LogP) is 2.29. The van der Waals surface area contributed by atoms with Gasteiger partial charge in [0.1, 0.15) is 5.82 Å². The van der Waals surface area contributed by atoms with Crippen LogP contribution in [0.5, 0.6) is 0 Å². The normalized spacial score (nSPS) is 15.2. The Balaban J connectivity index is 2.23. The summed E-state index contributed by atoms with van der Waals surface area (Å²) in [5, 5.41) is 5.14. The van der Waals surface area contributed by atoms with Crippen molar-refractivity contribution in [1.29, 1.82) is 0 Å². The number of hydrogen-bond acceptors (Lipinski definition) is 6. The molecule has 2 N–H and O–H groups in total. The summed E-state index contributed by atoms with van der Waals surface area (Å²) < 4.78 is 46.1. The average molecular weight is 431 g/mol. The van der Waals surface area contributed by atoms with Gasteiger partial charge in [-0.2, -0.15) is 0 Å². The molecule has 0 amide bonds. The number of halogens is 1. The molecule has 30 heavy (non-hydrogen) atoms. The SMILES string of the molecule is COC(=O)C1(C(=O)OC)C=C(c2ccc(F)cc2)C(c2ccc(S(N)(=O)=O)cc2)=C1. The van der Waals surface area contributed by atoms with Crippen LogP contribution in [0.25, 0.3) is 11.1 Å². The van der Waals surface area contributed by atoms with Crippen LogP contribution in [0.3, 0.4) is 0 Å². The lowest BCUT2D eigenvalue weighted by atomic mass is 9.89. The maximum absolute atomic E-state index is 13.4. The van der Waals surface area contributed by atoms with Gasteiger partial charge in [0.05, 0.1) is 19.1 Å². The molecule has 2 aromatic rings. The Labute approximate surface area is 172 Å². The quantitative estimate of drug-likeness (QED) is 0.574. The van der Waals surface area contributed by atoms with Gasteiger partial charge in [0.15, 0.2) is 0 Å². The lowest BCUT2D eigenvalue weighted by Crippen LogP contribution is -2.36. The fourth-order valence-electron chi connectivity index (χ4n) is 3.24. The average Bonchev–Trinajstić information content (AvgIpc) is 3.14. The largest absolute Gasteiger partial charge is 0.468 e. The minimum absolute atomic E-state index is 0.0932. The van der Waals surface area contributed by atoms with Crippen LogP contribution in [-0.4, -0.2) is 34.6 Å². The summed E-state index contributed by atoms with van der Waals surface area (Å²) in [5.74, 6) is -2.16. The van der Waals surface area contributed by atoms with Crippen LogP contribution < -0.4 is 5.14 Å². The number of methoxy groups -OCH3 is 2. The van der Waals surface area contributed by atoms with E-state index in [-0.39, 0.29) is 4.90 Å². The fourth-order valence-corrected chi connectivity index (χ4v) is 3.76. The number of nitrogens with two attached hydrogens (primary N) is 1. The molecule has 0 radical (unpaired) electrons. The van der Waals surface area contributed by atoms with Crippen molar-refractivity contribution in [2.75, 3.05) is 14.2 Å². The van der Waals surface area contributed by atoms with E-state index in [1.54, 1.807) is 0 Å². The van der Waals surface area contributed by atoms with Gasteiger partial charge in [-0.3, -0.25) is 9.59 Å². The van der Waals surface area contributed by atoms with Crippen LogP contribution in [0, 0.1) is 11.2 Å². The number of carbonyl (C=O) groups is 2. The van der Waals surface area contributed by atoms with Crippen LogP contribution in [0.1, 0.15) is 11.1 Å². The maximum Gasteiger partial charge on any atom is 0.331 e. The minimum Gasteiger partial charge on any atom is -0.468 e. The van der Waals surface area contributed by atoms with Crippen LogP contribution in [0.2, 0.25) is 0 Å². The first kappa shape index (κ1) is 21.4. The molecule has 0 heterocycles. The summed E-state index contributed by atoms with van der Waals surface area (Å²) in [7, 11) is -1.61. The lowest BCUT2D eigenvalue weighted by Gasteiger charge is -2.18. The summed E-state index contributed by atoms with van der Waals surface area (Å²) in [5.41, 5.74) is 0.0919. The molecule has 0 saturated heterocycles. The van der Waals surface area contributed by atoms with Gasteiger partial charge in [-0.25, -0.2) is 17.9 Å². The number of sulfonamides is 1. The van der Waals surface area contributed by atoms with Crippen LogP contribution in [-0.2, 0) is 29.1 Å². The van der Waals surface area contributed by atoms with Crippen molar-refractivity contribution < 1.29 is 31.9 Å². The third kappa shape index (κ3) is 3.77. The molecule has 0 unspecified atom stereocenters. The third-order valence-electron chi connectivity index (χ3n) is 4.73. The molecule has 156 valence electrons. The van der Waals surface area contributed by atoms with E-state index in [2.05, 4.69) is 0 Å². The van der Waals surface area contributed by atoms with E-state index in [4.69, 9.17) is 14.6 Å². The van der Waals surface area contributed by atoms with Gasteiger partial charge in [-0.05, 0) is 58.7 Å². The first-order chi connectivity index (χ1) is 14.1. The smallest absolute Gasteiger partial charge is 0.331 e. The first-order valence-electron chi connectivity index (χ1n) is 8.64. The number of ether oxygens (including phenoxy) is 2. The van der Waals surface area contributed by atoms with E-state index >= 15 is 0 Å². The third-order valence-corrected chi connectivity index (χ3v) is 5.66. The van der Waals surface area contributed by atoms with Crippen molar-refractivity contribution in [2.45, 2.75) is 4.90 Å². The zero-order valence-electron chi connectivity index (χ0n) is 16.1. The highest BCUT2D eigenvalue weighted by molar-refractivity contribution is 7.89. The molecule has 0 aromatic heterocycles. The minimum atomic E-state index is -3.90. The Bertz CT molecular complexity index is 1150. The van der Waals surface area contributed by atoms with Crippen LogP contribution >= 0.6 is 0 Å². The molecule has 9 heteroatoms. The topological polar surface area (TPSA) is 113 Å². The van der Waals surface area contributed by atoms with E-state index in [1.165, 1.54) is 60.7 Å². The van der Waals surface area contributed by atoms with E-state index < -0.39 is 33.2 Å². The summed E-state index contributed by atoms with van der Waals surface area (Å²) in [6.07, 6.45) is 2.77. The Hall–Kier alpha value is -3.30. The van der Waals surface area contributed by atoms with E-state index in [1.807, 2.05) is 0 Å². The van der Waals surface area contributed by atoms with Crippen molar-refractivity contribution in [3.63, 3.8) is 0 Å². The van der Waals surface area contributed by atoms with E-state index in [9.17, 15) is 22.4 Å². The molecule has 0 aliphatic heterocycles. The lowest BCUT2D eigenvalue weighted by molar-refractivity contribution is -0.161. The molecule has 0 saturated carbocycles. The van der Waals surface area contributed by atoms with Crippen LogP contribution in [0.15, 0.2) is 65.6 Å². The van der Waals surface area contributed by atoms with Gasteiger partial charge in [0.2, 0.25) is 15.4 Å². The second-order valence-electron chi connectivity index (χ2n) is 6.54. The van der Waals surface area contributed by atoms with Crippen molar-refractivity contribution in [3.8, 4) is 0 Å². The monoisotopic (exact) mass is 431 g/mol. The molecule has 1 aliphatic carbocycles. The molecule has 1 aliphatic rings. The van der Waals surface area contributed by atoms with Gasteiger partial charge < -0.3 is 9.47 Å². The number of allylic oxidation sites excluding steroid dienone is 2. The molecule has 0 atom stereocenters. The summed E-state index contributed by atoms with van der Waals surface area (Å²) in [4.78, 5) is 25.0. The summed E-state index contributed by atoms with van der Waals surface area (Å²) >= 11 is 0. The molecule has 0 spiro atoms. The van der Waals surface area contributed by atoms with Crippen molar-refractivity contribution in [3.05, 3.63) is 77.6 Å². The fraction of sp³-hybridized carbons (Fsp3) is 0.143. The number of esters is 2. The first-order valence-corrected chi connectivity index (χ1v) is 10.2. The standard InChI is InChI=1S/C21H18FNO6S/c1-28-19(24)21(20(25)29-2)11-17(13-3-7-15(22)8-4-13)18(12-21)14-5-9-16(10-6-14)30(23,26)27/h3-12H,1-2H3,(H2,23,26,27).